The molecule has 1 atom stereocenters. The van der Waals surface area contributed by atoms with Gasteiger partial charge in [-0.15, -0.1) is 0 Å². The van der Waals surface area contributed by atoms with E-state index in [1.54, 1.807) is 20.8 Å². The molecule has 0 fully saturated rings. The Morgan fingerprint density at radius 1 is 1.23 bits per heavy atom. The number of carbonyl (C=O) groups excluding carboxylic acids is 1. The van der Waals surface area contributed by atoms with Crippen molar-refractivity contribution in [3.05, 3.63) is 35.4 Å². The summed E-state index contributed by atoms with van der Waals surface area (Å²) in [5.41, 5.74) is 4.90. The molecule has 4 nitrogen and oxygen atoms in total. The summed E-state index contributed by atoms with van der Waals surface area (Å²) in [5.74, 6) is 0. The Hall–Kier alpha value is -1.76. The lowest BCUT2D eigenvalue weighted by atomic mass is 10.0. The van der Waals surface area contributed by atoms with Crippen LogP contribution in [0.2, 0.25) is 0 Å². The first kappa shape index (κ1) is 18.3. The molecule has 1 aromatic rings. The summed E-state index contributed by atoms with van der Waals surface area (Å²) >= 11 is 0. The van der Waals surface area contributed by atoms with Crippen molar-refractivity contribution in [1.29, 1.82) is 0 Å². The number of benzene rings is 1. The number of hydrogen-bond acceptors (Lipinski definition) is 3. The summed E-state index contributed by atoms with van der Waals surface area (Å²) in [4.78, 5) is 11.7. The molecule has 1 amide bonds. The van der Waals surface area contributed by atoms with Gasteiger partial charge in [0.15, 0.2) is 0 Å². The molecule has 22 heavy (non-hydrogen) atoms. The second kappa shape index (κ2) is 7.00. The zero-order chi connectivity index (χ0) is 17.0. The molecule has 0 bridgehead atoms. The number of nitrogens with two attached hydrogens (primary N) is 1. The molecular weight excluding hydrogens is 297 g/mol. The topological polar surface area (TPSA) is 64.3 Å². The first-order chi connectivity index (χ1) is 10.0. The summed E-state index contributed by atoms with van der Waals surface area (Å²) in [6.45, 7) is 5.36. The van der Waals surface area contributed by atoms with E-state index in [1.807, 2.05) is 0 Å². The average Bonchev–Trinajstić information content (AvgIpc) is 2.35. The minimum absolute atomic E-state index is 0.153. The molecule has 0 spiro atoms. The molecule has 1 aromatic carbocycles. The maximum atomic E-state index is 12.5. The number of nitrogens with one attached hydrogen (secondary N) is 1. The SMILES string of the molecule is CC(C)(C)OC(=O)NC(CN)Cc1ccc(C(F)(F)F)cc1. The van der Waals surface area contributed by atoms with Gasteiger partial charge in [-0.3, -0.25) is 0 Å². The third kappa shape index (κ3) is 6.34. The van der Waals surface area contributed by atoms with E-state index in [-0.39, 0.29) is 6.54 Å². The van der Waals surface area contributed by atoms with Crippen molar-refractivity contribution < 1.29 is 22.7 Å². The Morgan fingerprint density at radius 3 is 2.18 bits per heavy atom. The van der Waals surface area contributed by atoms with Crippen LogP contribution in [-0.4, -0.2) is 24.3 Å². The number of amides is 1. The molecule has 0 aliphatic rings. The fourth-order valence-corrected chi connectivity index (χ4v) is 1.78. The van der Waals surface area contributed by atoms with Crippen LogP contribution >= 0.6 is 0 Å². The summed E-state index contributed by atoms with van der Waals surface area (Å²) in [5, 5.41) is 2.61. The maximum Gasteiger partial charge on any atom is 0.416 e. The van der Waals surface area contributed by atoms with Crippen molar-refractivity contribution in [3.8, 4) is 0 Å². The molecule has 3 N–H and O–H groups in total. The van der Waals surface area contributed by atoms with Crippen molar-refractivity contribution in [2.75, 3.05) is 6.54 Å². The lowest BCUT2D eigenvalue weighted by Crippen LogP contribution is -2.44. The Morgan fingerprint density at radius 2 is 1.77 bits per heavy atom. The molecule has 0 aliphatic carbocycles. The van der Waals surface area contributed by atoms with Crippen LogP contribution in [0.25, 0.3) is 0 Å². The van der Waals surface area contributed by atoms with Gasteiger partial charge in [0.1, 0.15) is 5.60 Å². The van der Waals surface area contributed by atoms with E-state index in [9.17, 15) is 18.0 Å². The van der Waals surface area contributed by atoms with Crippen LogP contribution < -0.4 is 11.1 Å². The molecule has 0 heterocycles. The minimum Gasteiger partial charge on any atom is -0.444 e. The highest BCUT2D eigenvalue weighted by Crippen LogP contribution is 2.29. The predicted molar refractivity (Wildman–Crippen MR) is 77.4 cm³/mol. The molecule has 1 unspecified atom stereocenters. The number of hydrogen-bond donors (Lipinski definition) is 2. The van der Waals surface area contributed by atoms with E-state index in [1.165, 1.54) is 12.1 Å². The lowest BCUT2D eigenvalue weighted by Gasteiger charge is -2.23. The van der Waals surface area contributed by atoms with Crippen LogP contribution in [0.1, 0.15) is 31.9 Å². The Labute approximate surface area is 127 Å². The van der Waals surface area contributed by atoms with Crippen LogP contribution in [0, 0.1) is 0 Å². The van der Waals surface area contributed by atoms with Gasteiger partial charge in [-0.05, 0) is 44.9 Å². The number of alkyl halides is 3. The predicted octanol–water partition coefficient (Wildman–Crippen LogP) is 3.10. The smallest absolute Gasteiger partial charge is 0.416 e. The Kier molecular flexibility index (Phi) is 5.82. The highest BCUT2D eigenvalue weighted by Gasteiger charge is 2.30. The van der Waals surface area contributed by atoms with Crippen LogP contribution in [0.4, 0.5) is 18.0 Å². The van der Waals surface area contributed by atoms with Gasteiger partial charge >= 0.3 is 12.3 Å². The van der Waals surface area contributed by atoms with E-state index in [0.717, 1.165) is 12.1 Å². The second-order valence-electron chi connectivity index (χ2n) is 5.98. The summed E-state index contributed by atoms with van der Waals surface area (Å²) in [6, 6.07) is 4.36. The van der Waals surface area contributed by atoms with E-state index < -0.39 is 29.5 Å². The summed E-state index contributed by atoms with van der Waals surface area (Å²) in [7, 11) is 0. The molecule has 7 heteroatoms. The van der Waals surface area contributed by atoms with Crippen LogP contribution in [-0.2, 0) is 17.3 Å². The van der Waals surface area contributed by atoms with Crippen LogP contribution in [0.5, 0.6) is 0 Å². The van der Waals surface area contributed by atoms with Crippen molar-refractivity contribution >= 4 is 6.09 Å². The van der Waals surface area contributed by atoms with E-state index >= 15 is 0 Å². The highest BCUT2D eigenvalue weighted by atomic mass is 19.4. The first-order valence-electron chi connectivity index (χ1n) is 6.87. The van der Waals surface area contributed by atoms with E-state index in [2.05, 4.69) is 5.32 Å². The van der Waals surface area contributed by atoms with Crippen molar-refractivity contribution in [3.63, 3.8) is 0 Å². The molecular formula is C15H21F3N2O2. The Bertz CT molecular complexity index is 493. The monoisotopic (exact) mass is 318 g/mol. The minimum atomic E-state index is -4.36. The van der Waals surface area contributed by atoms with Gasteiger partial charge in [-0.2, -0.15) is 13.2 Å². The van der Waals surface area contributed by atoms with Gasteiger partial charge < -0.3 is 15.8 Å². The molecule has 124 valence electrons. The fourth-order valence-electron chi connectivity index (χ4n) is 1.78. The van der Waals surface area contributed by atoms with E-state index in [0.29, 0.717) is 12.0 Å². The number of ether oxygens (including phenoxy) is 1. The highest BCUT2D eigenvalue weighted by molar-refractivity contribution is 5.68. The molecule has 0 aliphatic heterocycles. The van der Waals surface area contributed by atoms with Gasteiger partial charge in [0, 0.05) is 12.6 Å². The standard InChI is InChI=1S/C15H21F3N2O2/c1-14(2,3)22-13(21)20-12(9-19)8-10-4-6-11(7-5-10)15(16,17)18/h4-7,12H,8-9,19H2,1-3H3,(H,20,21). The number of rotatable bonds is 4. The van der Waals surface area contributed by atoms with Crippen molar-refractivity contribution in [1.82, 2.24) is 5.32 Å². The van der Waals surface area contributed by atoms with Crippen molar-refractivity contribution in [2.45, 2.75) is 45.0 Å². The molecule has 0 saturated heterocycles. The van der Waals surface area contributed by atoms with Gasteiger partial charge in [0.05, 0.1) is 5.56 Å². The second-order valence-corrected chi connectivity index (χ2v) is 5.98. The molecule has 1 rings (SSSR count). The van der Waals surface area contributed by atoms with Crippen molar-refractivity contribution in [2.24, 2.45) is 5.73 Å². The third-order valence-electron chi connectivity index (χ3n) is 2.77. The molecule has 0 saturated carbocycles. The fraction of sp³-hybridized carbons (Fsp3) is 0.533. The van der Waals surface area contributed by atoms with Crippen LogP contribution in [0.15, 0.2) is 24.3 Å². The van der Waals surface area contributed by atoms with Crippen LogP contribution in [0.3, 0.4) is 0 Å². The zero-order valence-corrected chi connectivity index (χ0v) is 12.8. The number of halogens is 3. The third-order valence-corrected chi connectivity index (χ3v) is 2.77. The normalized spacial score (nSPS) is 13.6. The van der Waals surface area contributed by atoms with Gasteiger partial charge in [0.2, 0.25) is 0 Å². The van der Waals surface area contributed by atoms with E-state index in [4.69, 9.17) is 10.5 Å². The largest absolute Gasteiger partial charge is 0.444 e. The molecule has 0 aromatic heterocycles. The van der Waals surface area contributed by atoms with Gasteiger partial charge in [0.25, 0.3) is 0 Å². The summed E-state index contributed by atoms with van der Waals surface area (Å²) in [6.07, 6.45) is -4.64. The quantitative estimate of drug-likeness (QED) is 0.896. The summed E-state index contributed by atoms with van der Waals surface area (Å²) < 4.78 is 42.6. The number of alkyl carbamates (subject to hydrolysis) is 1. The average molecular weight is 318 g/mol. The molecule has 0 radical (unpaired) electrons. The maximum absolute atomic E-state index is 12.5. The van der Waals surface area contributed by atoms with Gasteiger partial charge in [-0.25, -0.2) is 4.79 Å². The first-order valence-corrected chi connectivity index (χ1v) is 6.87. The lowest BCUT2D eigenvalue weighted by molar-refractivity contribution is -0.137. The van der Waals surface area contributed by atoms with Gasteiger partial charge in [-0.1, -0.05) is 12.1 Å². The number of carbonyl (C=O) groups is 1. The zero-order valence-electron chi connectivity index (χ0n) is 12.8. The Balaban J connectivity index is 2.65.